The molecule has 0 saturated carbocycles. The lowest BCUT2D eigenvalue weighted by Gasteiger charge is -2.26. The van der Waals surface area contributed by atoms with Crippen LogP contribution in [-0.4, -0.2) is 43.7 Å². The summed E-state index contributed by atoms with van der Waals surface area (Å²) in [5.41, 5.74) is 3.63. The Kier molecular flexibility index (Phi) is 7.88. The van der Waals surface area contributed by atoms with E-state index in [1.54, 1.807) is 0 Å². The lowest BCUT2D eigenvalue weighted by Crippen LogP contribution is -2.35. The SMILES string of the molecule is Cc1ccc(OCCCC(=O)NCc2ccc(CN3CCOCC3)cc2)cc1. The molecule has 1 fully saturated rings. The fourth-order valence-electron chi connectivity index (χ4n) is 3.13. The molecular weight excluding hydrogens is 352 g/mol. The zero-order valence-electron chi connectivity index (χ0n) is 16.7. The van der Waals surface area contributed by atoms with Gasteiger partial charge in [-0.3, -0.25) is 9.69 Å². The number of nitrogens with zero attached hydrogens (tertiary/aromatic N) is 1. The molecule has 0 atom stereocenters. The molecule has 1 aliphatic heterocycles. The average Bonchev–Trinajstić information content (AvgIpc) is 2.73. The molecule has 2 aromatic rings. The van der Waals surface area contributed by atoms with Crippen LogP contribution in [-0.2, 0) is 22.6 Å². The molecule has 1 saturated heterocycles. The van der Waals surface area contributed by atoms with Crippen LogP contribution in [0.5, 0.6) is 5.75 Å². The van der Waals surface area contributed by atoms with Gasteiger partial charge in [-0.05, 0) is 36.6 Å². The van der Waals surface area contributed by atoms with Gasteiger partial charge in [0.05, 0.1) is 19.8 Å². The van der Waals surface area contributed by atoms with Gasteiger partial charge < -0.3 is 14.8 Å². The van der Waals surface area contributed by atoms with Gasteiger partial charge in [0.1, 0.15) is 5.75 Å². The normalized spacial score (nSPS) is 14.6. The summed E-state index contributed by atoms with van der Waals surface area (Å²) in [7, 11) is 0. The summed E-state index contributed by atoms with van der Waals surface area (Å²) < 4.78 is 11.0. The number of hydrogen-bond acceptors (Lipinski definition) is 4. The van der Waals surface area contributed by atoms with Gasteiger partial charge in [-0.1, -0.05) is 42.0 Å². The summed E-state index contributed by atoms with van der Waals surface area (Å²) in [4.78, 5) is 14.4. The minimum atomic E-state index is 0.0601. The first kappa shape index (κ1) is 20.4. The summed E-state index contributed by atoms with van der Waals surface area (Å²) in [6.45, 7) is 7.74. The molecular formula is C23H30N2O3. The van der Waals surface area contributed by atoms with Gasteiger partial charge in [0.25, 0.3) is 0 Å². The number of rotatable bonds is 9. The standard InChI is InChI=1S/C23H30N2O3/c1-19-4-10-22(11-5-19)28-14-2-3-23(26)24-17-20-6-8-21(9-7-20)18-25-12-15-27-16-13-25/h4-11H,2-3,12-18H2,1H3,(H,24,26). The van der Waals surface area contributed by atoms with Crippen molar-refractivity contribution in [2.75, 3.05) is 32.9 Å². The van der Waals surface area contributed by atoms with Crippen molar-refractivity contribution in [2.45, 2.75) is 32.9 Å². The average molecular weight is 383 g/mol. The predicted octanol–water partition coefficient (Wildman–Crippen LogP) is 3.30. The van der Waals surface area contributed by atoms with E-state index >= 15 is 0 Å². The van der Waals surface area contributed by atoms with E-state index in [1.807, 2.05) is 31.2 Å². The van der Waals surface area contributed by atoms with E-state index in [0.717, 1.165) is 44.2 Å². The number of aryl methyl sites for hydroxylation is 1. The fourth-order valence-corrected chi connectivity index (χ4v) is 3.13. The number of nitrogens with one attached hydrogen (secondary N) is 1. The predicted molar refractivity (Wildman–Crippen MR) is 110 cm³/mol. The maximum atomic E-state index is 12.0. The third kappa shape index (κ3) is 6.98. The van der Waals surface area contributed by atoms with Crippen molar-refractivity contribution in [1.82, 2.24) is 10.2 Å². The molecule has 0 radical (unpaired) electrons. The number of benzene rings is 2. The van der Waals surface area contributed by atoms with Crippen LogP contribution in [0.2, 0.25) is 0 Å². The molecule has 28 heavy (non-hydrogen) atoms. The summed E-state index contributed by atoms with van der Waals surface area (Å²) in [6.07, 6.45) is 1.18. The molecule has 5 heteroatoms. The van der Waals surface area contributed by atoms with Crippen molar-refractivity contribution in [1.29, 1.82) is 0 Å². The van der Waals surface area contributed by atoms with Crippen LogP contribution in [0.25, 0.3) is 0 Å². The van der Waals surface area contributed by atoms with Gasteiger partial charge in [0.2, 0.25) is 5.91 Å². The van der Waals surface area contributed by atoms with Crippen molar-refractivity contribution < 1.29 is 14.3 Å². The van der Waals surface area contributed by atoms with Crippen LogP contribution < -0.4 is 10.1 Å². The van der Waals surface area contributed by atoms with Crippen LogP contribution in [0.15, 0.2) is 48.5 Å². The molecule has 0 unspecified atom stereocenters. The molecule has 1 N–H and O–H groups in total. The van der Waals surface area contributed by atoms with E-state index in [1.165, 1.54) is 11.1 Å². The first-order valence-corrected chi connectivity index (χ1v) is 10.0. The first-order chi connectivity index (χ1) is 13.7. The molecule has 2 aromatic carbocycles. The van der Waals surface area contributed by atoms with Gasteiger partial charge in [0, 0.05) is 32.6 Å². The fraction of sp³-hybridized carbons (Fsp3) is 0.435. The Bertz CT molecular complexity index is 723. The second-order valence-electron chi connectivity index (χ2n) is 7.25. The van der Waals surface area contributed by atoms with E-state index in [9.17, 15) is 4.79 Å². The van der Waals surface area contributed by atoms with Gasteiger partial charge in [-0.25, -0.2) is 0 Å². The van der Waals surface area contributed by atoms with Gasteiger partial charge >= 0.3 is 0 Å². The van der Waals surface area contributed by atoms with Crippen molar-refractivity contribution >= 4 is 5.91 Å². The number of morpholine rings is 1. The smallest absolute Gasteiger partial charge is 0.220 e. The van der Waals surface area contributed by atoms with E-state index in [2.05, 4.69) is 34.5 Å². The topological polar surface area (TPSA) is 50.8 Å². The summed E-state index contributed by atoms with van der Waals surface area (Å²) in [5, 5.41) is 2.98. The minimum absolute atomic E-state index is 0.0601. The summed E-state index contributed by atoms with van der Waals surface area (Å²) >= 11 is 0. The monoisotopic (exact) mass is 382 g/mol. The largest absolute Gasteiger partial charge is 0.494 e. The number of carbonyl (C=O) groups excluding carboxylic acids is 1. The Balaban J connectivity index is 1.31. The lowest BCUT2D eigenvalue weighted by molar-refractivity contribution is -0.121. The molecule has 1 aliphatic rings. The van der Waals surface area contributed by atoms with Crippen molar-refractivity contribution in [3.8, 4) is 5.75 Å². The third-order valence-corrected chi connectivity index (χ3v) is 4.86. The Labute approximate surface area is 167 Å². The van der Waals surface area contributed by atoms with E-state index in [0.29, 0.717) is 26.0 Å². The van der Waals surface area contributed by atoms with Crippen molar-refractivity contribution in [3.63, 3.8) is 0 Å². The number of hydrogen-bond donors (Lipinski definition) is 1. The molecule has 1 heterocycles. The van der Waals surface area contributed by atoms with Crippen LogP contribution >= 0.6 is 0 Å². The number of amides is 1. The summed E-state index contributed by atoms with van der Waals surface area (Å²) in [6, 6.07) is 16.4. The molecule has 1 amide bonds. The summed E-state index contributed by atoms with van der Waals surface area (Å²) in [5.74, 6) is 0.910. The van der Waals surface area contributed by atoms with Gasteiger partial charge in [-0.15, -0.1) is 0 Å². The zero-order chi connectivity index (χ0) is 19.6. The molecule has 3 rings (SSSR count). The van der Waals surface area contributed by atoms with Crippen LogP contribution in [0, 0.1) is 6.92 Å². The zero-order valence-corrected chi connectivity index (χ0v) is 16.7. The van der Waals surface area contributed by atoms with E-state index in [4.69, 9.17) is 9.47 Å². The second-order valence-corrected chi connectivity index (χ2v) is 7.25. The minimum Gasteiger partial charge on any atom is -0.494 e. The van der Waals surface area contributed by atoms with Crippen LogP contribution in [0.3, 0.4) is 0 Å². The van der Waals surface area contributed by atoms with Crippen LogP contribution in [0.1, 0.15) is 29.5 Å². The Morgan fingerprint density at radius 1 is 1.04 bits per heavy atom. The number of ether oxygens (including phenoxy) is 2. The lowest BCUT2D eigenvalue weighted by atomic mass is 10.1. The van der Waals surface area contributed by atoms with Crippen LogP contribution in [0.4, 0.5) is 0 Å². The Hall–Kier alpha value is -2.37. The van der Waals surface area contributed by atoms with Gasteiger partial charge in [-0.2, -0.15) is 0 Å². The van der Waals surface area contributed by atoms with Crippen molar-refractivity contribution in [3.05, 3.63) is 65.2 Å². The second kappa shape index (κ2) is 10.8. The molecule has 0 spiro atoms. The molecule has 0 aromatic heterocycles. The maximum Gasteiger partial charge on any atom is 0.220 e. The quantitative estimate of drug-likeness (QED) is 0.676. The Morgan fingerprint density at radius 2 is 1.71 bits per heavy atom. The molecule has 150 valence electrons. The molecule has 0 aliphatic carbocycles. The number of carbonyl (C=O) groups is 1. The van der Waals surface area contributed by atoms with Gasteiger partial charge in [0.15, 0.2) is 0 Å². The third-order valence-electron chi connectivity index (χ3n) is 4.86. The molecule has 5 nitrogen and oxygen atoms in total. The van der Waals surface area contributed by atoms with E-state index < -0.39 is 0 Å². The van der Waals surface area contributed by atoms with E-state index in [-0.39, 0.29) is 5.91 Å². The highest BCUT2D eigenvalue weighted by Gasteiger charge is 2.10. The Morgan fingerprint density at radius 3 is 2.43 bits per heavy atom. The highest BCUT2D eigenvalue weighted by molar-refractivity contribution is 5.75. The maximum absolute atomic E-state index is 12.0. The highest BCUT2D eigenvalue weighted by atomic mass is 16.5. The highest BCUT2D eigenvalue weighted by Crippen LogP contribution is 2.12. The van der Waals surface area contributed by atoms with Crippen molar-refractivity contribution in [2.24, 2.45) is 0 Å². The first-order valence-electron chi connectivity index (χ1n) is 10.0. The molecule has 0 bridgehead atoms.